The predicted octanol–water partition coefficient (Wildman–Crippen LogP) is 2.78. The summed E-state index contributed by atoms with van der Waals surface area (Å²) in [5.74, 6) is -0.272. The largest absolute Gasteiger partial charge is 0.336 e. The third-order valence-electron chi connectivity index (χ3n) is 2.65. The average Bonchev–Trinajstić information content (AvgIpc) is 2.74. The summed E-state index contributed by atoms with van der Waals surface area (Å²) in [5, 5.41) is 0. The van der Waals surface area contributed by atoms with E-state index in [0.717, 1.165) is 14.4 Å². The second-order valence-corrected chi connectivity index (χ2v) is 6.80. The summed E-state index contributed by atoms with van der Waals surface area (Å²) in [6.45, 7) is 2.27. The van der Waals surface area contributed by atoms with Crippen molar-refractivity contribution in [2.75, 3.05) is 7.05 Å². The molecule has 0 aliphatic carbocycles. The Kier molecular flexibility index (Phi) is 4.21. The van der Waals surface area contributed by atoms with Crippen molar-refractivity contribution in [2.45, 2.75) is 13.5 Å². The van der Waals surface area contributed by atoms with Gasteiger partial charge in [0.05, 0.1) is 10.3 Å². The number of carbonyl (C=O) groups is 1. The fourth-order valence-electron chi connectivity index (χ4n) is 1.69. The monoisotopic (exact) mass is 340 g/mol. The molecule has 0 fully saturated rings. The first kappa shape index (κ1) is 14.0. The van der Waals surface area contributed by atoms with E-state index in [-0.39, 0.29) is 17.0 Å². The van der Waals surface area contributed by atoms with Crippen LogP contribution >= 0.6 is 27.3 Å². The standard InChI is InChI=1S/C13H13BrN2O2S/c1-8-3-5-10(12(17)15-8)13(18)16(2)7-9-4-6-11(14)19-9/h3-6H,7H2,1-2H3,(H,15,17). The number of nitrogens with zero attached hydrogens (tertiary/aromatic N) is 1. The number of halogens is 1. The Morgan fingerprint density at radius 3 is 2.68 bits per heavy atom. The van der Waals surface area contributed by atoms with Gasteiger partial charge in [-0.15, -0.1) is 11.3 Å². The minimum atomic E-state index is -0.343. The lowest BCUT2D eigenvalue weighted by atomic mass is 10.2. The molecular weight excluding hydrogens is 328 g/mol. The maximum atomic E-state index is 12.2. The molecule has 0 atom stereocenters. The van der Waals surface area contributed by atoms with Crippen LogP contribution in [0.2, 0.25) is 0 Å². The van der Waals surface area contributed by atoms with Crippen molar-refractivity contribution in [3.8, 4) is 0 Å². The molecule has 100 valence electrons. The number of amides is 1. The Morgan fingerprint density at radius 1 is 1.37 bits per heavy atom. The third-order valence-corrected chi connectivity index (χ3v) is 4.26. The molecule has 19 heavy (non-hydrogen) atoms. The summed E-state index contributed by atoms with van der Waals surface area (Å²) in [6, 6.07) is 7.19. The second kappa shape index (κ2) is 5.71. The van der Waals surface area contributed by atoms with Gasteiger partial charge in [0.25, 0.3) is 11.5 Å². The van der Waals surface area contributed by atoms with Crippen LogP contribution in [0.1, 0.15) is 20.9 Å². The van der Waals surface area contributed by atoms with Crippen molar-refractivity contribution >= 4 is 33.2 Å². The van der Waals surface area contributed by atoms with Crippen LogP contribution in [0, 0.1) is 6.92 Å². The summed E-state index contributed by atoms with van der Waals surface area (Å²) >= 11 is 4.96. The van der Waals surface area contributed by atoms with Crippen molar-refractivity contribution in [1.82, 2.24) is 9.88 Å². The van der Waals surface area contributed by atoms with E-state index < -0.39 is 0 Å². The normalized spacial score (nSPS) is 10.5. The number of H-pyrrole nitrogens is 1. The van der Waals surface area contributed by atoms with Crippen LogP contribution in [0.5, 0.6) is 0 Å². The van der Waals surface area contributed by atoms with Gasteiger partial charge in [-0.2, -0.15) is 0 Å². The Labute approximate surface area is 123 Å². The first-order valence-electron chi connectivity index (χ1n) is 5.67. The maximum Gasteiger partial charge on any atom is 0.260 e. The number of aryl methyl sites for hydroxylation is 1. The van der Waals surface area contributed by atoms with Crippen molar-refractivity contribution in [3.05, 3.63) is 54.5 Å². The van der Waals surface area contributed by atoms with E-state index in [1.165, 1.54) is 4.90 Å². The van der Waals surface area contributed by atoms with Gasteiger partial charge in [0.1, 0.15) is 5.56 Å². The molecule has 2 aromatic rings. The van der Waals surface area contributed by atoms with Crippen LogP contribution < -0.4 is 5.56 Å². The highest BCUT2D eigenvalue weighted by Crippen LogP contribution is 2.23. The molecule has 0 bridgehead atoms. The lowest BCUT2D eigenvalue weighted by molar-refractivity contribution is 0.0784. The number of rotatable bonds is 3. The predicted molar refractivity (Wildman–Crippen MR) is 79.6 cm³/mol. The number of aromatic amines is 1. The molecular formula is C13H13BrN2O2S. The lowest BCUT2D eigenvalue weighted by Gasteiger charge is -2.15. The molecule has 1 amide bonds. The highest BCUT2D eigenvalue weighted by Gasteiger charge is 2.16. The Hall–Kier alpha value is -1.40. The number of hydrogen-bond acceptors (Lipinski definition) is 3. The zero-order valence-corrected chi connectivity index (χ0v) is 13.0. The van der Waals surface area contributed by atoms with E-state index in [1.54, 1.807) is 37.4 Å². The first-order valence-corrected chi connectivity index (χ1v) is 7.28. The fraction of sp³-hybridized carbons (Fsp3) is 0.231. The van der Waals surface area contributed by atoms with E-state index in [0.29, 0.717) is 6.54 Å². The quantitative estimate of drug-likeness (QED) is 0.933. The SMILES string of the molecule is Cc1ccc(C(=O)N(C)Cc2ccc(Br)s2)c(=O)[nH]1. The molecule has 0 unspecified atom stereocenters. The van der Waals surface area contributed by atoms with E-state index in [4.69, 9.17) is 0 Å². The zero-order valence-electron chi connectivity index (χ0n) is 10.6. The highest BCUT2D eigenvalue weighted by molar-refractivity contribution is 9.11. The molecule has 0 aromatic carbocycles. The maximum absolute atomic E-state index is 12.2. The molecule has 0 aliphatic rings. The summed E-state index contributed by atoms with van der Waals surface area (Å²) in [4.78, 5) is 29.2. The minimum absolute atomic E-state index is 0.170. The van der Waals surface area contributed by atoms with Crippen molar-refractivity contribution in [2.24, 2.45) is 0 Å². The second-order valence-electron chi connectivity index (χ2n) is 4.25. The molecule has 6 heteroatoms. The van der Waals surface area contributed by atoms with Crippen LogP contribution in [0.15, 0.2) is 32.8 Å². The van der Waals surface area contributed by atoms with Crippen LogP contribution in [-0.4, -0.2) is 22.8 Å². The molecule has 2 aromatic heterocycles. The molecule has 0 spiro atoms. The van der Waals surface area contributed by atoms with Gasteiger partial charge < -0.3 is 9.88 Å². The van der Waals surface area contributed by atoms with Crippen LogP contribution in [0.4, 0.5) is 0 Å². The topological polar surface area (TPSA) is 53.2 Å². The minimum Gasteiger partial charge on any atom is -0.336 e. The number of thiophene rings is 1. The summed E-state index contributed by atoms with van der Waals surface area (Å²) in [5.41, 5.74) is 0.569. The van der Waals surface area contributed by atoms with Crippen molar-refractivity contribution in [3.63, 3.8) is 0 Å². The van der Waals surface area contributed by atoms with Crippen molar-refractivity contribution < 1.29 is 4.79 Å². The number of hydrogen-bond donors (Lipinski definition) is 1. The molecule has 4 nitrogen and oxygen atoms in total. The van der Waals surface area contributed by atoms with E-state index in [2.05, 4.69) is 20.9 Å². The van der Waals surface area contributed by atoms with Gasteiger partial charge in [-0.3, -0.25) is 9.59 Å². The smallest absolute Gasteiger partial charge is 0.260 e. The van der Waals surface area contributed by atoms with Gasteiger partial charge in [-0.25, -0.2) is 0 Å². The first-order chi connectivity index (χ1) is 8.97. The number of carbonyl (C=O) groups excluding carboxylic acids is 1. The number of pyridine rings is 1. The molecule has 1 N–H and O–H groups in total. The number of aromatic nitrogens is 1. The molecule has 0 saturated carbocycles. The highest BCUT2D eigenvalue weighted by atomic mass is 79.9. The van der Waals surface area contributed by atoms with Crippen molar-refractivity contribution in [1.29, 1.82) is 0 Å². The summed E-state index contributed by atoms with van der Waals surface area (Å²) < 4.78 is 1.02. The Bertz CT molecular complexity index is 663. The zero-order chi connectivity index (χ0) is 14.0. The number of nitrogens with one attached hydrogen (secondary N) is 1. The molecule has 2 rings (SSSR count). The summed E-state index contributed by atoms with van der Waals surface area (Å²) in [7, 11) is 1.69. The van der Waals surface area contributed by atoms with Crippen LogP contribution in [0.3, 0.4) is 0 Å². The fourth-order valence-corrected chi connectivity index (χ4v) is 3.23. The van der Waals surface area contributed by atoms with Gasteiger partial charge >= 0.3 is 0 Å². The van der Waals surface area contributed by atoms with Gasteiger partial charge in [0.15, 0.2) is 0 Å². The average molecular weight is 341 g/mol. The molecule has 0 radical (unpaired) electrons. The molecule has 0 saturated heterocycles. The van der Waals surface area contributed by atoms with Crippen LogP contribution in [-0.2, 0) is 6.54 Å². The molecule has 0 aliphatic heterocycles. The van der Waals surface area contributed by atoms with E-state index in [9.17, 15) is 9.59 Å². The van der Waals surface area contributed by atoms with Crippen LogP contribution in [0.25, 0.3) is 0 Å². The van der Waals surface area contributed by atoms with E-state index in [1.807, 2.05) is 12.1 Å². The van der Waals surface area contributed by atoms with Gasteiger partial charge in [0, 0.05) is 17.6 Å². The van der Waals surface area contributed by atoms with Gasteiger partial charge in [-0.1, -0.05) is 0 Å². The van der Waals surface area contributed by atoms with Gasteiger partial charge in [0.2, 0.25) is 0 Å². The molecule has 2 heterocycles. The van der Waals surface area contributed by atoms with Gasteiger partial charge in [-0.05, 0) is 47.1 Å². The Morgan fingerprint density at radius 2 is 2.11 bits per heavy atom. The Balaban J connectivity index is 2.17. The van der Waals surface area contributed by atoms with E-state index >= 15 is 0 Å². The summed E-state index contributed by atoms with van der Waals surface area (Å²) in [6.07, 6.45) is 0. The third kappa shape index (κ3) is 3.33. The lowest BCUT2D eigenvalue weighted by Crippen LogP contribution is -2.31.